The Bertz CT molecular complexity index is 680. The van der Waals surface area contributed by atoms with Gasteiger partial charge in [-0.05, 0) is 17.5 Å². The molecule has 1 amide bonds. The molecule has 0 saturated carbocycles. The molecule has 1 fully saturated rings. The monoisotopic (exact) mass is 371 g/mol. The number of nitrogens with zero attached hydrogens (tertiary/aromatic N) is 1. The highest BCUT2D eigenvalue weighted by atomic mass is 32.2. The van der Waals surface area contributed by atoms with Crippen LogP contribution in [0, 0.1) is 5.92 Å². The van der Waals surface area contributed by atoms with Gasteiger partial charge >= 0.3 is 0 Å². The number of carbonyl (C=O) groups is 1. The van der Waals surface area contributed by atoms with Gasteiger partial charge in [0.15, 0.2) is 0 Å². The van der Waals surface area contributed by atoms with E-state index in [4.69, 9.17) is 9.57 Å². The lowest BCUT2D eigenvalue weighted by Crippen LogP contribution is -2.35. The van der Waals surface area contributed by atoms with E-state index in [0.717, 1.165) is 23.5 Å². The summed E-state index contributed by atoms with van der Waals surface area (Å²) in [6, 6.07) is 20.4. The predicted octanol–water partition coefficient (Wildman–Crippen LogP) is 3.92. The molecule has 138 valence electrons. The first kappa shape index (κ1) is 19.0. The first-order valence-corrected chi connectivity index (χ1v) is 10.0. The first-order valence-electron chi connectivity index (χ1n) is 8.88. The van der Waals surface area contributed by atoms with Gasteiger partial charge in [-0.3, -0.25) is 9.63 Å². The van der Waals surface area contributed by atoms with Crippen molar-refractivity contribution in [3.8, 4) is 0 Å². The Kier molecular flexibility index (Phi) is 7.12. The van der Waals surface area contributed by atoms with Crippen LogP contribution in [0.15, 0.2) is 60.7 Å². The van der Waals surface area contributed by atoms with Gasteiger partial charge < -0.3 is 4.74 Å². The lowest BCUT2D eigenvalue weighted by atomic mass is 10.1. The normalized spacial score (nSPS) is 19.9. The molecule has 2 atom stereocenters. The zero-order chi connectivity index (χ0) is 18.2. The molecular weight excluding hydrogens is 346 g/mol. The highest BCUT2D eigenvalue weighted by Crippen LogP contribution is 2.29. The van der Waals surface area contributed by atoms with Crippen molar-refractivity contribution >= 4 is 17.7 Å². The quantitative estimate of drug-likeness (QED) is 0.670. The Morgan fingerprint density at radius 1 is 1.04 bits per heavy atom. The van der Waals surface area contributed by atoms with Gasteiger partial charge in [-0.25, -0.2) is 5.06 Å². The smallest absolute Gasteiger partial charge is 0.250 e. The summed E-state index contributed by atoms with van der Waals surface area (Å²) in [6.07, 6.45) is 0.781. The van der Waals surface area contributed by atoms with Crippen molar-refractivity contribution in [2.75, 3.05) is 19.5 Å². The molecule has 1 aliphatic heterocycles. The summed E-state index contributed by atoms with van der Waals surface area (Å²) in [6.45, 7) is 1.05. The second-order valence-electron chi connectivity index (χ2n) is 6.43. The van der Waals surface area contributed by atoms with E-state index < -0.39 is 0 Å². The lowest BCUT2D eigenvalue weighted by molar-refractivity contribution is -0.183. The minimum Gasteiger partial charge on any atom is -0.375 e. The van der Waals surface area contributed by atoms with Gasteiger partial charge in [0, 0.05) is 11.5 Å². The number of hydrogen-bond donors (Lipinski definition) is 0. The molecule has 5 heteroatoms. The third-order valence-corrected chi connectivity index (χ3v) is 5.68. The molecule has 2 unspecified atom stereocenters. The first-order chi connectivity index (χ1) is 12.8. The van der Waals surface area contributed by atoms with Crippen LogP contribution in [-0.2, 0) is 26.7 Å². The van der Waals surface area contributed by atoms with Gasteiger partial charge in [0.05, 0.1) is 32.3 Å². The molecule has 26 heavy (non-hydrogen) atoms. The molecule has 0 N–H and O–H groups in total. The maximum atomic E-state index is 12.6. The Hall–Kier alpha value is -1.82. The highest BCUT2D eigenvalue weighted by Gasteiger charge is 2.40. The molecule has 0 bridgehead atoms. The Balaban J connectivity index is 1.46. The summed E-state index contributed by atoms with van der Waals surface area (Å²) in [5.74, 6) is 1.80. The van der Waals surface area contributed by atoms with Crippen molar-refractivity contribution in [2.24, 2.45) is 5.92 Å². The number of thioether (sulfide) groups is 1. The molecule has 0 spiro atoms. The summed E-state index contributed by atoms with van der Waals surface area (Å²) < 4.78 is 5.83. The van der Waals surface area contributed by atoms with Crippen LogP contribution in [0.25, 0.3) is 0 Å². The number of amides is 1. The molecule has 4 nitrogen and oxygen atoms in total. The molecule has 3 rings (SSSR count). The number of rotatable bonds is 9. The fourth-order valence-corrected chi connectivity index (χ4v) is 4.29. The Morgan fingerprint density at radius 2 is 1.69 bits per heavy atom. The molecular formula is C21H25NO3S. The summed E-state index contributed by atoms with van der Waals surface area (Å²) in [7, 11) is 1.56. The largest absolute Gasteiger partial charge is 0.375 e. The Labute approximate surface area is 159 Å². The van der Waals surface area contributed by atoms with Crippen LogP contribution < -0.4 is 0 Å². The Morgan fingerprint density at radius 3 is 2.35 bits per heavy atom. The topological polar surface area (TPSA) is 38.8 Å². The van der Waals surface area contributed by atoms with Gasteiger partial charge in [-0.2, -0.15) is 11.8 Å². The van der Waals surface area contributed by atoms with Gasteiger partial charge in [0.2, 0.25) is 5.91 Å². The number of hydrogen-bond acceptors (Lipinski definition) is 4. The molecule has 1 aliphatic rings. The standard InChI is InChI=1S/C21H25NO3S/c1-24-22-20(14-25-13-17-8-4-2-5-9-17)12-19(21(22)23)16-26-15-18-10-6-3-7-11-18/h2-11,19-20H,12-16H2,1H3. The van der Waals surface area contributed by atoms with Crippen molar-refractivity contribution in [3.63, 3.8) is 0 Å². The number of ether oxygens (including phenoxy) is 1. The summed E-state index contributed by atoms with van der Waals surface area (Å²) in [5.41, 5.74) is 2.42. The zero-order valence-corrected chi connectivity index (χ0v) is 15.9. The van der Waals surface area contributed by atoms with Gasteiger partial charge in [-0.1, -0.05) is 60.7 Å². The molecule has 1 heterocycles. The molecule has 1 saturated heterocycles. The fourth-order valence-electron chi connectivity index (χ4n) is 3.18. The van der Waals surface area contributed by atoms with Crippen LogP contribution in [0.3, 0.4) is 0 Å². The predicted molar refractivity (Wildman–Crippen MR) is 104 cm³/mol. The average Bonchev–Trinajstić information content (AvgIpc) is 2.98. The van der Waals surface area contributed by atoms with Crippen molar-refractivity contribution in [2.45, 2.75) is 24.8 Å². The third kappa shape index (κ3) is 5.10. The van der Waals surface area contributed by atoms with Gasteiger partial charge in [-0.15, -0.1) is 0 Å². The minimum atomic E-state index is -0.0152. The van der Waals surface area contributed by atoms with E-state index in [1.807, 2.05) is 48.5 Å². The van der Waals surface area contributed by atoms with Crippen LogP contribution in [0.1, 0.15) is 17.5 Å². The van der Waals surface area contributed by atoms with Crippen molar-refractivity contribution in [1.29, 1.82) is 0 Å². The summed E-state index contributed by atoms with van der Waals surface area (Å²) in [4.78, 5) is 17.9. The van der Waals surface area contributed by atoms with E-state index in [0.29, 0.717) is 13.2 Å². The van der Waals surface area contributed by atoms with Crippen molar-refractivity contribution < 1.29 is 14.4 Å². The number of benzene rings is 2. The molecule has 2 aromatic rings. The number of carbonyl (C=O) groups excluding carboxylic acids is 1. The number of hydroxylamine groups is 2. The lowest BCUT2D eigenvalue weighted by Gasteiger charge is -2.21. The van der Waals surface area contributed by atoms with E-state index in [1.54, 1.807) is 18.9 Å². The second-order valence-corrected chi connectivity index (χ2v) is 7.46. The maximum Gasteiger partial charge on any atom is 0.250 e. The van der Waals surface area contributed by atoms with Crippen molar-refractivity contribution in [1.82, 2.24) is 5.06 Å². The van der Waals surface area contributed by atoms with Crippen molar-refractivity contribution in [3.05, 3.63) is 71.8 Å². The molecule has 0 aromatic heterocycles. The molecule has 0 radical (unpaired) electrons. The molecule has 2 aromatic carbocycles. The SMILES string of the molecule is CON1C(=O)C(CSCc2ccccc2)CC1COCc1ccccc1. The average molecular weight is 372 g/mol. The summed E-state index contributed by atoms with van der Waals surface area (Å²) >= 11 is 1.80. The second kappa shape index (κ2) is 9.76. The minimum absolute atomic E-state index is 0.00557. The van der Waals surface area contributed by atoms with Gasteiger partial charge in [0.1, 0.15) is 0 Å². The zero-order valence-electron chi connectivity index (χ0n) is 15.0. The van der Waals surface area contributed by atoms with E-state index in [9.17, 15) is 4.79 Å². The van der Waals surface area contributed by atoms with E-state index in [2.05, 4.69) is 12.1 Å². The fraction of sp³-hybridized carbons (Fsp3) is 0.381. The van der Waals surface area contributed by atoms with Gasteiger partial charge in [0.25, 0.3) is 0 Å². The van der Waals surface area contributed by atoms with Crippen LogP contribution in [-0.4, -0.2) is 36.5 Å². The van der Waals surface area contributed by atoms with Crippen LogP contribution in [0.2, 0.25) is 0 Å². The van der Waals surface area contributed by atoms with Crippen LogP contribution >= 0.6 is 11.8 Å². The van der Waals surface area contributed by atoms with E-state index >= 15 is 0 Å². The molecule has 0 aliphatic carbocycles. The van der Waals surface area contributed by atoms with Crippen LogP contribution in [0.5, 0.6) is 0 Å². The highest BCUT2D eigenvalue weighted by molar-refractivity contribution is 7.98. The maximum absolute atomic E-state index is 12.6. The summed E-state index contributed by atoms with van der Waals surface area (Å²) in [5, 5.41) is 1.50. The third-order valence-electron chi connectivity index (χ3n) is 4.50. The van der Waals surface area contributed by atoms with E-state index in [1.165, 1.54) is 10.6 Å². The van der Waals surface area contributed by atoms with E-state index in [-0.39, 0.29) is 17.9 Å². The van der Waals surface area contributed by atoms with Crippen LogP contribution in [0.4, 0.5) is 0 Å².